The van der Waals surface area contributed by atoms with E-state index in [9.17, 15) is 4.79 Å². The molecule has 0 saturated heterocycles. The summed E-state index contributed by atoms with van der Waals surface area (Å²) in [7, 11) is 0. The molecule has 3 nitrogen and oxygen atoms in total. The van der Waals surface area contributed by atoms with Gasteiger partial charge in [-0.3, -0.25) is 4.79 Å². The van der Waals surface area contributed by atoms with Gasteiger partial charge < -0.3 is 9.15 Å². The maximum atomic E-state index is 14.1. The Kier molecular flexibility index (Phi) is 5.90. The van der Waals surface area contributed by atoms with Crippen LogP contribution >= 0.6 is 0 Å². The van der Waals surface area contributed by atoms with Gasteiger partial charge >= 0.3 is 0 Å². The van der Waals surface area contributed by atoms with E-state index in [4.69, 9.17) is 9.15 Å². The highest BCUT2D eigenvalue weighted by molar-refractivity contribution is 6.19. The van der Waals surface area contributed by atoms with Crippen molar-refractivity contribution >= 4 is 16.8 Å². The van der Waals surface area contributed by atoms with E-state index in [2.05, 4.69) is 101 Å². The van der Waals surface area contributed by atoms with Crippen molar-refractivity contribution in [3.8, 4) is 0 Å². The first-order valence-corrected chi connectivity index (χ1v) is 12.3. The molecular formula is C30H44O3. The van der Waals surface area contributed by atoms with Gasteiger partial charge in [0.2, 0.25) is 0 Å². The topological polar surface area (TPSA) is 39.4 Å². The molecule has 3 rings (SSSR count). The van der Waals surface area contributed by atoms with E-state index in [0.717, 1.165) is 22.1 Å². The number of hydrogen-bond acceptors (Lipinski definition) is 3. The van der Waals surface area contributed by atoms with E-state index < -0.39 is 5.60 Å². The zero-order valence-electron chi connectivity index (χ0n) is 23.2. The molecule has 1 aliphatic carbocycles. The number of fused-ring (bicyclic) bond motifs is 3. The molecule has 33 heavy (non-hydrogen) atoms. The molecule has 0 saturated carbocycles. The van der Waals surface area contributed by atoms with Crippen molar-refractivity contribution in [3.63, 3.8) is 0 Å². The Labute approximate surface area is 201 Å². The minimum absolute atomic E-state index is 0.0558. The van der Waals surface area contributed by atoms with Crippen LogP contribution in [0.1, 0.15) is 117 Å². The molecule has 0 N–H and O–H groups in total. The Morgan fingerprint density at radius 1 is 0.848 bits per heavy atom. The first kappa shape index (κ1) is 25.7. The van der Waals surface area contributed by atoms with Crippen molar-refractivity contribution in [2.75, 3.05) is 6.61 Å². The fourth-order valence-electron chi connectivity index (χ4n) is 4.81. The third-order valence-corrected chi connectivity index (χ3v) is 6.91. The minimum atomic E-state index is -0.830. The lowest BCUT2D eigenvalue weighted by Crippen LogP contribution is -2.45. The van der Waals surface area contributed by atoms with Gasteiger partial charge in [-0.15, -0.1) is 0 Å². The molecule has 0 spiro atoms. The fraction of sp³-hybridized carbons (Fsp3) is 0.633. The number of Topliss-reactive ketones (excluding diaryl/α,β-unsaturated/α-hetero) is 1. The molecule has 1 aliphatic rings. The van der Waals surface area contributed by atoms with Gasteiger partial charge in [-0.05, 0) is 40.9 Å². The van der Waals surface area contributed by atoms with Crippen molar-refractivity contribution in [2.24, 2.45) is 10.8 Å². The maximum absolute atomic E-state index is 14.1. The number of hydrogen-bond donors (Lipinski definition) is 0. The molecule has 0 amide bonds. The Morgan fingerprint density at radius 3 is 1.85 bits per heavy atom. The van der Waals surface area contributed by atoms with Gasteiger partial charge in [-0.1, -0.05) is 89.2 Å². The molecule has 182 valence electrons. The van der Waals surface area contributed by atoms with Crippen molar-refractivity contribution in [2.45, 2.75) is 106 Å². The summed E-state index contributed by atoms with van der Waals surface area (Å²) in [5, 5.41) is 0.913. The first-order chi connectivity index (χ1) is 14.8. The van der Waals surface area contributed by atoms with Crippen LogP contribution in [0.2, 0.25) is 0 Å². The molecule has 1 aromatic heterocycles. The Balaban J connectivity index is 2.59. The number of ketones is 1. The van der Waals surface area contributed by atoms with Gasteiger partial charge in [0, 0.05) is 28.5 Å². The molecule has 1 unspecified atom stereocenters. The second kappa shape index (κ2) is 7.57. The van der Waals surface area contributed by atoms with Gasteiger partial charge in [-0.25, -0.2) is 0 Å². The van der Waals surface area contributed by atoms with Gasteiger partial charge in [0.1, 0.15) is 11.2 Å². The molecular weight excluding hydrogens is 408 g/mol. The minimum Gasteiger partial charge on any atom is -0.456 e. The van der Waals surface area contributed by atoms with Crippen LogP contribution in [0, 0.1) is 10.8 Å². The van der Waals surface area contributed by atoms with Crippen LogP contribution in [-0.4, -0.2) is 12.4 Å². The summed E-state index contributed by atoms with van der Waals surface area (Å²) in [4.78, 5) is 14.1. The summed E-state index contributed by atoms with van der Waals surface area (Å²) >= 11 is 0. The second-order valence-electron chi connectivity index (χ2n) is 13.8. The highest BCUT2D eigenvalue weighted by atomic mass is 16.5. The second-order valence-corrected chi connectivity index (χ2v) is 13.8. The van der Waals surface area contributed by atoms with Crippen LogP contribution < -0.4 is 0 Å². The number of carbonyl (C=O) groups is 1. The largest absolute Gasteiger partial charge is 0.456 e. The smallest absolute Gasteiger partial charge is 0.193 e. The van der Waals surface area contributed by atoms with Gasteiger partial charge in [0.25, 0.3) is 0 Å². The molecule has 1 aromatic carbocycles. The fourth-order valence-corrected chi connectivity index (χ4v) is 4.81. The molecule has 0 fully saturated rings. The lowest BCUT2D eigenvalue weighted by molar-refractivity contribution is -0.0965. The highest BCUT2D eigenvalue weighted by Gasteiger charge is 2.53. The van der Waals surface area contributed by atoms with Gasteiger partial charge in [0.15, 0.2) is 11.5 Å². The Morgan fingerprint density at radius 2 is 1.42 bits per heavy atom. The van der Waals surface area contributed by atoms with Crippen LogP contribution in [0.5, 0.6) is 0 Å². The van der Waals surface area contributed by atoms with Crippen LogP contribution in [0.3, 0.4) is 0 Å². The average molecular weight is 453 g/mol. The molecule has 0 radical (unpaired) electrons. The van der Waals surface area contributed by atoms with E-state index in [1.807, 2.05) is 6.92 Å². The molecule has 3 heteroatoms. The lowest BCUT2D eigenvalue weighted by atomic mass is 9.65. The summed E-state index contributed by atoms with van der Waals surface area (Å²) < 4.78 is 13.3. The van der Waals surface area contributed by atoms with E-state index in [1.165, 1.54) is 5.56 Å². The number of allylic oxidation sites excluding steroid dienone is 1. The van der Waals surface area contributed by atoms with Gasteiger partial charge in [-0.2, -0.15) is 0 Å². The summed E-state index contributed by atoms with van der Waals surface area (Å²) in [6.07, 6.45) is 2.06. The summed E-state index contributed by atoms with van der Waals surface area (Å²) in [6, 6.07) is 4.44. The number of carbonyl (C=O) groups excluding carboxylic acids is 1. The van der Waals surface area contributed by atoms with Crippen molar-refractivity contribution in [3.05, 3.63) is 46.2 Å². The third kappa shape index (κ3) is 4.11. The van der Waals surface area contributed by atoms with E-state index in [-0.39, 0.29) is 27.4 Å². The van der Waals surface area contributed by atoms with Gasteiger partial charge in [0.05, 0.1) is 5.56 Å². The Bertz CT molecular complexity index is 1110. The van der Waals surface area contributed by atoms with Crippen molar-refractivity contribution < 1.29 is 13.9 Å². The molecule has 0 bridgehead atoms. The van der Waals surface area contributed by atoms with E-state index >= 15 is 0 Å². The number of rotatable bonds is 2. The zero-order chi connectivity index (χ0) is 25.4. The van der Waals surface area contributed by atoms with Crippen LogP contribution in [0.4, 0.5) is 0 Å². The van der Waals surface area contributed by atoms with Crippen LogP contribution in [-0.2, 0) is 21.2 Å². The zero-order valence-corrected chi connectivity index (χ0v) is 23.2. The first-order valence-electron chi connectivity index (χ1n) is 12.3. The number of benzene rings is 1. The monoisotopic (exact) mass is 452 g/mol. The van der Waals surface area contributed by atoms with Crippen molar-refractivity contribution in [1.29, 1.82) is 0 Å². The predicted octanol–water partition coefficient (Wildman–Crippen LogP) is 8.47. The van der Waals surface area contributed by atoms with E-state index in [1.54, 1.807) is 0 Å². The molecule has 0 aliphatic heterocycles. The lowest BCUT2D eigenvalue weighted by Gasteiger charge is -2.44. The predicted molar refractivity (Wildman–Crippen MR) is 138 cm³/mol. The van der Waals surface area contributed by atoms with E-state index in [0.29, 0.717) is 17.9 Å². The average Bonchev–Trinajstić information content (AvgIpc) is 3.00. The summed E-state index contributed by atoms with van der Waals surface area (Å²) in [5.74, 6) is 0.711. The molecule has 1 atom stereocenters. The number of ether oxygens (including phenoxy) is 1. The third-order valence-electron chi connectivity index (χ3n) is 6.91. The maximum Gasteiger partial charge on any atom is 0.193 e. The summed E-state index contributed by atoms with van der Waals surface area (Å²) in [6.45, 7) is 28.6. The SMILES string of the molecule is CCOC1(C(C)(C)C)C=C(C(C)(C)C)C(=O)c2c1oc1c(C(C)(C)C)cc(C(C)(C)C)cc21. The highest BCUT2D eigenvalue weighted by Crippen LogP contribution is 2.54. The Hall–Kier alpha value is -1.87. The quantitative estimate of drug-likeness (QED) is 0.458. The van der Waals surface area contributed by atoms with Crippen molar-refractivity contribution in [1.82, 2.24) is 0 Å². The molecule has 1 heterocycles. The number of furan rings is 1. The van der Waals surface area contributed by atoms with Crippen LogP contribution in [0.15, 0.2) is 28.2 Å². The normalized spacial score (nSPS) is 20.3. The van der Waals surface area contributed by atoms with Crippen LogP contribution in [0.25, 0.3) is 11.0 Å². The molecule has 2 aromatic rings. The summed E-state index contributed by atoms with van der Waals surface area (Å²) in [5.41, 5.74) is 2.95. The standard InChI is InChI=1S/C30H44O3/c1-14-32-30(29(11,12)13)17-21(28(8,9)10)23(31)22-19-15-18(26(2,3)4)16-20(27(5,6)7)24(19)33-25(22)30/h15-17H,14H2,1-13H3.